The van der Waals surface area contributed by atoms with Crippen LogP contribution in [0.15, 0.2) is 47.4 Å². The molecule has 1 aliphatic carbocycles. The second kappa shape index (κ2) is 8.64. The highest BCUT2D eigenvalue weighted by Gasteiger charge is 2.46. The van der Waals surface area contributed by atoms with E-state index in [2.05, 4.69) is 16.7 Å². The average Bonchev–Trinajstić information content (AvgIpc) is 2.80. The van der Waals surface area contributed by atoms with E-state index in [-0.39, 0.29) is 17.2 Å². The fourth-order valence-corrected chi connectivity index (χ4v) is 5.26. The number of carbonyl (C=O) groups excluding carboxylic acids is 1. The van der Waals surface area contributed by atoms with E-state index >= 15 is 0 Å². The second-order valence-corrected chi connectivity index (χ2v) is 10.9. The van der Waals surface area contributed by atoms with Crippen molar-refractivity contribution in [3.05, 3.63) is 53.8 Å². The normalized spacial score (nSPS) is 23.3. The lowest BCUT2D eigenvalue weighted by molar-refractivity contribution is -0.131. The number of nitriles is 1. The first-order valence-electron chi connectivity index (χ1n) is 10.7. The van der Waals surface area contributed by atoms with Gasteiger partial charge in [-0.2, -0.15) is 5.26 Å². The molecule has 3 fully saturated rings. The average molecular weight is 456 g/mol. The lowest BCUT2D eigenvalue weighted by atomic mass is 9.71. The van der Waals surface area contributed by atoms with Crippen LogP contribution in [-0.2, 0) is 21.1 Å². The highest BCUT2D eigenvalue weighted by Crippen LogP contribution is 2.37. The number of benzene rings is 2. The summed E-state index contributed by atoms with van der Waals surface area (Å²) in [5.41, 5.74) is 1.02. The number of nitrogens with one attached hydrogen (secondary N) is 2. The molecule has 2 aromatic rings. The summed E-state index contributed by atoms with van der Waals surface area (Å²) < 4.78 is 38.0. The van der Waals surface area contributed by atoms with Crippen molar-refractivity contribution in [2.45, 2.75) is 48.6 Å². The molecule has 2 aliphatic heterocycles. The lowest BCUT2D eigenvalue weighted by Gasteiger charge is -2.46. The van der Waals surface area contributed by atoms with Gasteiger partial charge in [-0.15, -0.1) is 0 Å². The Kier molecular flexibility index (Phi) is 6.06. The van der Waals surface area contributed by atoms with Crippen LogP contribution in [-0.4, -0.2) is 38.7 Å². The topological polar surface area (TPSA) is 99.1 Å². The van der Waals surface area contributed by atoms with E-state index < -0.39 is 27.2 Å². The molecule has 1 saturated carbocycles. The third-order valence-corrected chi connectivity index (χ3v) is 7.81. The quantitative estimate of drug-likeness (QED) is 0.698. The summed E-state index contributed by atoms with van der Waals surface area (Å²) in [6.45, 7) is 0.825. The van der Waals surface area contributed by atoms with E-state index in [1.807, 2.05) is 0 Å². The maximum atomic E-state index is 14.8. The Hall–Kier alpha value is -2.76. The standard InChI is InChI=1S/C24H26FN3O3S/c1-32(30,31)21-6-4-17(5-7-21)18-2-3-19(22(25)13-18)12-20(14-26)28-23(29)24-10-8-16(9-11-24)15-27-24/h2-7,13,16,20,27H,8-12,15H2,1H3,(H,28,29)/t16?,20-,24?/m0/s1. The minimum absolute atomic E-state index is 0.0695. The molecule has 0 spiro atoms. The maximum absolute atomic E-state index is 14.8. The van der Waals surface area contributed by atoms with Crippen molar-refractivity contribution in [2.75, 3.05) is 12.8 Å². The molecule has 3 aliphatic rings. The third-order valence-electron chi connectivity index (χ3n) is 6.68. The summed E-state index contributed by atoms with van der Waals surface area (Å²) >= 11 is 0. The van der Waals surface area contributed by atoms with Gasteiger partial charge < -0.3 is 10.6 Å². The van der Waals surface area contributed by atoms with Crippen LogP contribution in [0, 0.1) is 23.1 Å². The molecule has 32 heavy (non-hydrogen) atoms. The summed E-state index contributed by atoms with van der Waals surface area (Å²) in [6, 6.07) is 12.2. The van der Waals surface area contributed by atoms with Gasteiger partial charge in [0.2, 0.25) is 5.91 Å². The molecular formula is C24H26FN3O3S. The van der Waals surface area contributed by atoms with Gasteiger partial charge in [0.1, 0.15) is 11.9 Å². The first-order valence-corrected chi connectivity index (χ1v) is 12.6. The van der Waals surface area contributed by atoms with Crippen molar-refractivity contribution in [1.82, 2.24) is 10.6 Å². The zero-order valence-electron chi connectivity index (χ0n) is 17.9. The number of halogens is 1. The number of fused-ring (bicyclic) bond motifs is 3. The van der Waals surface area contributed by atoms with E-state index in [0.29, 0.717) is 22.6 Å². The number of hydrogen-bond donors (Lipinski definition) is 2. The molecule has 2 saturated heterocycles. The molecule has 2 aromatic carbocycles. The van der Waals surface area contributed by atoms with Crippen LogP contribution in [0.1, 0.15) is 31.2 Å². The van der Waals surface area contributed by atoms with Crippen LogP contribution in [0.4, 0.5) is 4.39 Å². The number of sulfone groups is 1. The Balaban J connectivity index is 1.45. The predicted octanol–water partition coefficient (Wildman–Crippen LogP) is 2.98. The lowest BCUT2D eigenvalue weighted by Crippen LogP contribution is -2.64. The number of nitrogens with zero attached hydrogens (tertiary/aromatic N) is 1. The van der Waals surface area contributed by atoms with Crippen molar-refractivity contribution >= 4 is 15.7 Å². The van der Waals surface area contributed by atoms with Crippen molar-refractivity contribution < 1.29 is 17.6 Å². The van der Waals surface area contributed by atoms with Gasteiger partial charge in [0, 0.05) is 12.7 Å². The Bertz CT molecular complexity index is 1150. The van der Waals surface area contributed by atoms with Crippen molar-refractivity contribution in [2.24, 2.45) is 5.92 Å². The molecule has 1 atom stereocenters. The first kappa shape index (κ1) is 22.4. The van der Waals surface area contributed by atoms with Gasteiger partial charge in [0.05, 0.1) is 16.5 Å². The van der Waals surface area contributed by atoms with Gasteiger partial charge >= 0.3 is 0 Å². The Morgan fingerprint density at radius 1 is 1.22 bits per heavy atom. The van der Waals surface area contributed by atoms with Crippen LogP contribution < -0.4 is 10.6 Å². The van der Waals surface area contributed by atoms with Gasteiger partial charge in [0.15, 0.2) is 9.84 Å². The molecule has 6 nitrogen and oxygen atoms in total. The number of piperidine rings is 2. The zero-order chi connectivity index (χ0) is 22.9. The molecule has 0 unspecified atom stereocenters. The zero-order valence-corrected chi connectivity index (χ0v) is 18.7. The van der Waals surface area contributed by atoms with E-state index in [4.69, 9.17) is 0 Å². The molecule has 1 amide bonds. The highest BCUT2D eigenvalue weighted by atomic mass is 32.2. The van der Waals surface area contributed by atoms with E-state index in [1.54, 1.807) is 24.3 Å². The molecule has 0 radical (unpaired) electrons. The fourth-order valence-electron chi connectivity index (χ4n) is 4.63. The molecule has 2 bridgehead atoms. The largest absolute Gasteiger partial charge is 0.338 e. The Morgan fingerprint density at radius 3 is 2.41 bits per heavy atom. The van der Waals surface area contributed by atoms with Crippen LogP contribution >= 0.6 is 0 Å². The van der Waals surface area contributed by atoms with Crippen molar-refractivity contribution in [3.63, 3.8) is 0 Å². The summed E-state index contributed by atoms with van der Waals surface area (Å²) in [5, 5.41) is 15.7. The number of amides is 1. The molecule has 2 N–H and O–H groups in total. The molecule has 5 rings (SSSR count). The molecular weight excluding hydrogens is 429 g/mol. The van der Waals surface area contributed by atoms with Crippen LogP contribution in [0.5, 0.6) is 0 Å². The SMILES string of the molecule is CS(=O)(=O)c1ccc(-c2ccc(C[C@@H](C#N)NC(=O)C34CCC(CC3)CN4)c(F)c2)cc1. The summed E-state index contributed by atoms with van der Waals surface area (Å²) in [5.74, 6) is -0.0181. The summed E-state index contributed by atoms with van der Waals surface area (Å²) in [7, 11) is -3.30. The number of carbonyl (C=O) groups is 1. The van der Waals surface area contributed by atoms with Gasteiger partial charge in [0.25, 0.3) is 0 Å². The van der Waals surface area contributed by atoms with Crippen LogP contribution in [0.3, 0.4) is 0 Å². The minimum Gasteiger partial charge on any atom is -0.338 e. The van der Waals surface area contributed by atoms with Crippen molar-refractivity contribution in [3.8, 4) is 17.2 Å². The molecule has 0 aromatic heterocycles. The van der Waals surface area contributed by atoms with Gasteiger partial charge in [-0.3, -0.25) is 4.79 Å². The fraction of sp³-hybridized carbons (Fsp3) is 0.417. The number of hydrogen-bond acceptors (Lipinski definition) is 5. The predicted molar refractivity (Wildman–Crippen MR) is 119 cm³/mol. The number of rotatable bonds is 6. The van der Waals surface area contributed by atoms with E-state index in [9.17, 15) is 22.9 Å². The first-order chi connectivity index (χ1) is 15.2. The maximum Gasteiger partial charge on any atom is 0.241 e. The Labute approximate surface area is 187 Å². The van der Waals surface area contributed by atoms with E-state index in [1.165, 1.54) is 18.2 Å². The Morgan fingerprint density at radius 2 is 1.88 bits per heavy atom. The third kappa shape index (κ3) is 4.54. The molecule has 168 valence electrons. The van der Waals surface area contributed by atoms with Crippen molar-refractivity contribution in [1.29, 1.82) is 5.26 Å². The summed E-state index contributed by atoms with van der Waals surface area (Å²) in [4.78, 5) is 13.1. The second-order valence-electron chi connectivity index (χ2n) is 8.87. The smallest absolute Gasteiger partial charge is 0.241 e. The van der Waals surface area contributed by atoms with E-state index in [0.717, 1.165) is 38.5 Å². The molecule has 2 heterocycles. The van der Waals surface area contributed by atoms with Crippen LogP contribution in [0.2, 0.25) is 0 Å². The minimum atomic E-state index is -3.30. The molecule has 8 heteroatoms. The summed E-state index contributed by atoms with van der Waals surface area (Å²) in [6.07, 6.45) is 4.76. The van der Waals surface area contributed by atoms with Gasteiger partial charge in [-0.1, -0.05) is 24.3 Å². The van der Waals surface area contributed by atoms with Crippen LogP contribution in [0.25, 0.3) is 11.1 Å². The van der Waals surface area contributed by atoms with Gasteiger partial charge in [-0.25, -0.2) is 12.8 Å². The van der Waals surface area contributed by atoms with Gasteiger partial charge in [-0.05, 0) is 73.0 Å². The monoisotopic (exact) mass is 455 g/mol. The highest BCUT2D eigenvalue weighted by molar-refractivity contribution is 7.90.